The number of rotatable bonds is 7. The number of thiazole rings is 1. The number of aliphatic hydroxyl groups excluding tert-OH is 1. The number of unbranched alkanes of at least 4 members (excludes halogenated alkanes) is 1. The van der Waals surface area contributed by atoms with Crippen molar-refractivity contribution >= 4 is 44.1 Å². The second-order valence-electron chi connectivity index (χ2n) is 10.2. The summed E-state index contributed by atoms with van der Waals surface area (Å²) in [5.74, 6) is -0.0924. The smallest absolute Gasteiger partial charge is 0.301 e. The minimum absolute atomic E-state index is 0.0153. The van der Waals surface area contributed by atoms with Gasteiger partial charge < -0.3 is 19.3 Å². The summed E-state index contributed by atoms with van der Waals surface area (Å²) in [5, 5.41) is 12.0. The van der Waals surface area contributed by atoms with Gasteiger partial charge in [0.2, 0.25) is 0 Å². The van der Waals surface area contributed by atoms with Gasteiger partial charge in [0.05, 0.1) is 28.4 Å². The lowest BCUT2D eigenvalue weighted by Gasteiger charge is -2.23. The number of hydrogen-bond acceptors (Lipinski definition) is 8. The number of ketones is 1. The van der Waals surface area contributed by atoms with Crippen LogP contribution in [-0.4, -0.2) is 41.6 Å². The van der Waals surface area contributed by atoms with Crippen molar-refractivity contribution in [2.75, 3.05) is 24.7 Å². The van der Waals surface area contributed by atoms with Crippen molar-refractivity contribution in [1.29, 1.82) is 0 Å². The number of amides is 1. The molecule has 41 heavy (non-hydrogen) atoms. The van der Waals surface area contributed by atoms with Gasteiger partial charge in [0.25, 0.3) is 5.78 Å². The van der Waals surface area contributed by atoms with E-state index in [9.17, 15) is 14.7 Å². The molecule has 0 radical (unpaired) electrons. The number of fused-ring (bicyclic) bond motifs is 2. The first-order chi connectivity index (χ1) is 19.9. The number of hydrogen-bond donors (Lipinski definition) is 1. The van der Waals surface area contributed by atoms with Gasteiger partial charge in [-0.2, -0.15) is 0 Å². The number of Topliss-reactive ketones (excluding diaryl/α,β-unsaturated/α-hetero) is 1. The van der Waals surface area contributed by atoms with Crippen LogP contribution in [0.5, 0.6) is 17.2 Å². The van der Waals surface area contributed by atoms with Crippen molar-refractivity contribution < 1.29 is 28.9 Å². The topological polar surface area (TPSA) is 98.2 Å². The lowest BCUT2D eigenvalue weighted by molar-refractivity contribution is -0.132. The maximum atomic E-state index is 13.7. The second-order valence-corrected chi connectivity index (χ2v) is 11.2. The predicted octanol–water partition coefficient (Wildman–Crippen LogP) is 6.49. The van der Waals surface area contributed by atoms with Crippen molar-refractivity contribution in [3.05, 3.63) is 82.4 Å². The molecule has 1 atom stereocenters. The molecule has 3 aromatic carbocycles. The Morgan fingerprint density at radius 2 is 1.80 bits per heavy atom. The first-order valence-corrected chi connectivity index (χ1v) is 14.5. The monoisotopic (exact) mass is 570 g/mol. The molecule has 2 aliphatic rings. The highest BCUT2D eigenvalue weighted by Crippen LogP contribution is 2.45. The quantitative estimate of drug-likeness (QED) is 0.117. The summed E-state index contributed by atoms with van der Waals surface area (Å²) < 4.78 is 18.1. The third kappa shape index (κ3) is 4.91. The predicted molar refractivity (Wildman–Crippen MR) is 158 cm³/mol. The Morgan fingerprint density at radius 3 is 2.56 bits per heavy atom. The van der Waals surface area contributed by atoms with Crippen LogP contribution in [0.1, 0.15) is 48.1 Å². The molecule has 2 aliphatic heterocycles. The van der Waals surface area contributed by atoms with Crippen molar-refractivity contribution in [2.24, 2.45) is 0 Å². The van der Waals surface area contributed by atoms with E-state index in [0.29, 0.717) is 53.3 Å². The van der Waals surface area contributed by atoms with Crippen LogP contribution in [-0.2, 0) is 9.59 Å². The normalized spacial score (nSPS) is 17.8. The van der Waals surface area contributed by atoms with E-state index in [1.54, 1.807) is 18.2 Å². The first-order valence-electron chi connectivity index (χ1n) is 13.7. The molecule has 4 aromatic rings. The van der Waals surface area contributed by atoms with E-state index in [2.05, 4.69) is 6.92 Å². The molecule has 1 unspecified atom stereocenters. The SMILES string of the molecule is CCCCOc1ccc(C2C(=C(O)c3ccc4c(c3)OCCO4)C(=O)C(=O)N2c2nc3c(C)cc(C)cc3s2)cc1. The molecule has 9 heteroatoms. The summed E-state index contributed by atoms with van der Waals surface area (Å²) in [6.45, 7) is 7.50. The number of aliphatic hydroxyl groups is 1. The molecule has 6 rings (SSSR count). The largest absolute Gasteiger partial charge is 0.507 e. The van der Waals surface area contributed by atoms with E-state index in [4.69, 9.17) is 19.2 Å². The number of carbonyl (C=O) groups is 2. The zero-order valence-electron chi connectivity index (χ0n) is 23.1. The third-order valence-electron chi connectivity index (χ3n) is 7.25. The molecule has 1 saturated heterocycles. The van der Waals surface area contributed by atoms with E-state index in [1.807, 2.05) is 50.2 Å². The summed E-state index contributed by atoms with van der Waals surface area (Å²) in [5.41, 5.74) is 3.84. The summed E-state index contributed by atoms with van der Waals surface area (Å²) >= 11 is 1.35. The Morgan fingerprint density at radius 1 is 1.05 bits per heavy atom. The number of nitrogens with zero attached hydrogens (tertiary/aromatic N) is 2. The Kier molecular flexibility index (Phi) is 7.13. The highest BCUT2D eigenvalue weighted by atomic mass is 32.1. The molecule has 1 amide bonds. The van der Waals surface area contributed by atoms with Gasteiger partial charge in [-0.1, -0.05) is 42.9 Å². The Labute approximate surface area is 241 Å². The number of benzene rings is 3. The van der Waals surface area contributed by atoms with Gasteiger partial charge in [-0.3, -0.25) is 14.5 Å². The standard InChI is InChI=1S/C32H30N2O6S/c1-4-5-12-38-22-9-6-20(7-10-22)28-26(29(35)21-8-11-23-24(17-21)40-14-13-39-23)30(36)31(37)34(28)32-33-27-19(3)15-18(2)16-25(27)41-32/h6-11,15-17,28,35H,4-5,12-14H2,1-3H3. The van der Waals surface area contributed by atoms with Crippen LogP contribution in [0.25, 0.3) is 16.0 Å². The van der Waals surface area contributed by atoms with Crippen LogP contribution in [0, 0.1) is 13.8 Å². The van der Waals surface area contributed by atoms with E-state index < -0.39 is 17.7 Å². The average molecular weight is 571 g/mol. The fourth-order valence-electron chi connectivity index (χ4n) is 5.23. The Balaban J connectivity index is 1.48. The molecule has 8 nitrogen and oxygen atoms in total. The van der Waals surface area contributed by atoms with Crippen LogP contribution in [0.2, 0.25) is 0 Å². The van der Waals surface area contributed by atoms with Crippen molar-refractivity contribution in [3.8, 4) is 17.2 Å². The Bertz CT molecular complexity index is 1690. The maximum Gasteiger partial charge on any atom is 0.301 e. The summed E-state index contributed by atoms with van der Waals surface area (Å²) in [4.78, 5) is 33.5. The fraction of sp³-hybridized carbons (Fsp3) is 0.281. The van der Waals surface area contributed by atoms with E-state index >= 15 is 0 Å². The van der Waals surface area contributed by atoms with Crippen molar-refractivity contribution in [3.63, 3.8) is 0 Å². The van der Waals surface area contributed by atoms with Gasteiger partial charge >= 0.3 is 5.91 Å². The average Bonchev–Trinajstić information content (AvgIpc) is 3.51. The zero-order chi connectivity index (χ0) is 28.7. The highest BCUT2D eigenvalue weighted by Gasteiger charge is 2.48. The van der Waals surface area contributed by atoms with Gasteiger partial charge in [-0.05, 0) is 73.4 Å². The minimum Gasteiger partial charge on any atom is -0.507 e. The Hall–Kier alpha value is -4.37. The van der Waals surface area contributed by atoms with Crippen LogP contribution in [0.15, 0.2) is 60.2 Å². The zero-order valence-corrected chi connectivity index (χ0v) is 23.9. The molecular formula is C32H30N2O6S. The van der Waals surface area contributed by atoms with Gasteiger partial charge in [0.1, 0.15) is 24.7 Å². The lowest BCUT2D eigenvalue weighted by Crippen LogP contribution is -2.29. The molecule has 1 aromatic heterocycles. The summed E-state index contributed by atoms with van der Waals surface area (Å²) in [7, 11) is 0. The van der Waals surface area contributed by atoms with Gasteiger partial charge in [-0.25, -0.2) is 4.98 Å². The molecule has 1 fully saturated rings. The van der Waals surface area contributed by atoms with Crippen LogP contribution >= 0.6 is 11.3 Å². The van der Waals surface area contributed by atoms with E-state index in [1.165, 1.54) is 16.2 Å². The van der Waals surface area contributed by atoms with Crippen LogP contribution < -0.4 is 19.1 Å². The molecule has 3 heterocycles. The molecule has 0 aliphatic carbocycles. The molecule has 1 N–H and O–H groups in total. The fourth-order valence-corrected chi connectivity index (χ4v) is 6.40. The molecular weight excluding hydrogens is 540 g/mol. The number of anilines is 1. The molecule has 0 saturated carbocycles. The second kappa shape index (κ2) is 10.9. The van der Waals surface area contributed by atoms with Crippen molar-refractivity contribution in [2.45, 2.75) is 39.7 Å². The summed E-state index contributed by atoms with van der Waals surface area (Å²) in [6.07, 6.45) is 1.96. The van der Waals surface area contributed by atoms with Gasteiger partial charge in [0, 0.05) is 5.56 Å². The third-order valence-corrected chi connectivity index (χ3v) is 8.25. The maximum absolute atomic E-state index is 13.7. The molecule has 210 valence electrons. The van der Waals surface area contributed by atoms with Gasteiger partial charge in [-0.15, -0.1) is 0 Å². The number of aromatic nitrogens is 1. The highest BCUT2D eigenvalue weighted by molar-refractivity contribution is 7.22. The van der Waals surface area contributed by atoms with Crippen molar-refractivity contribution in [1.82, 2.24) is 4.98 Å². The lowest BCUT2D eigenvalue weighted by atomic mass is 9.95. The first kappa shape index (κ1) is 26.8. The minimum atomic E-state index is -0.894. The number of carbonyl (C=O) groups excluding carboxylic acids is 2. The van der Waals surface area contributed by atoms with Crippen LogP contribution in [0.3, 0.4) is 0 Å². The van der Waals surface area contributed by atoms with Gasteiger partial charge in [0.15, 0.2) is 16.6 Å². The van der Waals surface area contributed by atoms with E-state index in [0.717, 1.165) is 34.2 Å². The van der Waals surface area contributed by atoms with Crippen LogP contribution in [0.4, 0.5) is 5.13 Å². The molecule has 0 spiro atoms. The number of aryl methyl sites for hydroxylation is 2. The van der Waals surface area contributed by atoms with E-state index in [-0.39, 0.29) is 11.3 Å². The molecule has 0 bridgehead atoms. The summed E-state index contributed by atoms with van der Waals surface area (Å²) in [6, 6.07) is 15.4. The number of ether oxygens (including phenoxy) is 3.